The van der Waals surface area contributed by atoms with Gasteiger partial charge in [-0.15, -0.1) is 0 Å². The summed E-state index contributed by atoms with van der Waals surface area (Å²) in [7, 11) is 0. The molecule has 0 spiro atoms. The maximum atomic E-state index is 5.03. The summed E-state index contributed by atoms with van der Waals surface area (Å²) in [5.41, 5.74) is 8.60. The van der Waals surface area contributed by atoms with Crippen molar-refractivity contribution in [3.05, 3.63) is 119 Å². The molecule has 3 heterocycles. The van der Waals surface area contributed by atoms with Crippen LogP contribution in [0.3, 0.4) is 0 Å². The number of hydrogen-bond acceptors (Lipinski definition) is 5. The molecule has 3 N–H and O–H groups in total. The number of aliphatic imine (C=N–C) groups is 1. The number of dihydropyridines is 1. The van der Waals surface area contributed by atoms with Crippen LogP contribution in [-0.4, -0.2) is 23.8 Å². The molecule has 0 fully saturated rings. The normalized spacial score (nSPS) is 20.5. The van der Waals surface area contributed by atoms with Crippen LogP contribution in [0.2, 0.25) is 0 Å². The molecule has 3 aliphatic heterocycles. The number of amidine groups is 1. The molecule has 1 aliphatic carbocycles. The van der Waals surface area contributed by atoms with Gasteiger partial charge in [0.25, 0.3) is 0 Å². The molecule has 0 radical (unpaired) electrons. The van der Waals surface area contributed by atoms with E-state index in [-0.39, 0.29) is 11.4 Å². The molecule has 0 saturated heterocycles. The van der Waals surface area contributed by atoms with Crippen LogP contribution in [0.1, 0.15) is 52.2 Å². The first-order chi connectivity index (χ1) is 19.1. The van der Waals surface area contributed by atoms with Gasteiger partial charge in [0.05, 0.1) is 6.04 Å². The van der Waals surface area contributed by atoms with Crippen LogP contribution in [0.15, 0.2) is 118 Å². The highest BCUT2D eigenvalue weighted by atomic mass is 32.2. The van der Waals surface area contributed by atoms with Crippen LogP contribution in [0.5, 0.6) is 0 Å². The maximum Gasteiger partial charge on any atom is 0.131 e. The largest absolute Gasteiger partial charge is 0.382 e. The lowest BCUT2D eigenvalue weighted by Gasteiger charge is -2.30. The zero-order chi connectivity index (χ0) is 27.6. The number of benzene rings is 2. The average molecular weight is 537 g/mol. The maximum absolute atomic E-state index is 5.03. The fourth-order valence-electron chi connectivity index (χ4n) is 4.66. The van der Waals surface area contributed by atoms with Crippen molar-refractivity contribution in [2.45, 2.75) is 57.4 Å². The highest BCUT2D eigenvalue weighted by Gasteiger charge is 2.29. The molecule has 5 heteroatoms. The van der Waals surface area contributed by atoms with Gasteiger partial charge >= 0.3 is 0 Å². The fraction of sp³-hybridized carbons (Fsp3) is 0.265. The van der Waals surface area contributed by atoms with Crippen LogP contribution in [0, 0.1) is 0 Å². The summed E-state index contributed by atoms with van der Waals surface area (Å²) in [5.74, 6) is 0.961. The molecule has 2 aromatic carbocycles. The van der Waals surface area contributed by atoms with Crippen LogP contribution in [0.4, 0.5) is 5.69 Å². The molecule has 2 aromatic rings. The number of fused-ring (bicyclic) bond motifs is 4. The van der Waals surface area contributed by atoms with Gasteiger partial charge < -0.3 is 16.0 Å². The van der Waals surface area contributed by atoms with Crippen molar-refractivity contribution in [2.75, 3.05) is 11.9 Å². The van der Waals surface area contributed by atoms with Crippen LogP contribution < -0.4 is 16.0 Å². The van der Waals surface area contributed by atoms with E-state index in [1.807, 2.05) is 44.7 Å². The number of allylic oxidation sites excluding steroid dienone is 7. The van der Waals surface area contributed by atoms with E-state index in [0.29, 0.717) is 0 Å². The molecular weight excluding hydrogens is 496 g/mol. The predicted molar refractivity (Wildman–Crippen MR) is 172 cm³/mol. The molecule has 0 aromatic heterocycles. The second kappa shape index (κ2) is 13.9. The molecular formula is C34H40N4S. The number of thioether (sulfide) groups is 1. The van der Waals surface area contributed by atoms with Gasteiger partial charge in [0.1, 0.15) is 11.2 Å². The van der Waals surface area contributed by atoms with E-state index in [9.17, 15) is 0 Å². The van der Waals surface area contributed by atoms with E-state index in [4.69, 9.17) is 4.99 Å². The van der Waals surface area contributed by atoms with Gasteiger partial charge in [0.2, 0.25) is 0 Å². The van der Waals surface area contributed by atoms with Crippen molar-refractivity contribution in [2.24, 2.45) is 4.99 Å². The first-order valence-electron chi connectivity index (χ1n) is 13.8. The Labute approximate surface area is 238 Å². The average Bonchev–Trinajstić information content (AvgIpc) is 3.42. The Hall–Kier alpha value is -3.70. The van der Waals surface area contributed by atoms with E-state index in [1.165, 1.54) is 44.3 Å². The Balaban J connectivity index is 0.000000344. The number of anilines is 1. The third-order valence-electron chi connectivity index (χ3n) is 6.74. The second-order valence-electron chi connectivity index (χ2n) is 9.48. The third kappa shape index (κ3) is 6.85. The molecule has 39 heavy (non-hydrogen) atoms. The van der Waals surface area contributed by atoms with Crippen molar-refractivity contribution in [3.8, 4) is 0 Å². The van der Waals surface area contributed by atoms with Crippen LogP contribution in [-0.2, 0) is 0 Å². The minimum Gasteiger partial charge on any atom is -0.382 e. The van der Waals surface area contributed by atoms with Gasteiger partial charge in [-0.25, -0.2) is 0 Å². The quantitative estimate of drug-likeness (QED) is 0.345. The summed E-state index contributed by atoms with van der Waals surface area (Å²) in [6.07, 6.45) is 18.1. The minimum atomic E-state index is 0.0731. The number of nitrogens with zero attached hydrogens (tertiary/aromatic N) is 1. The highest BCUT2D eigenvalue weighted by molar-refractivity contribution is 8.00. The van der Waals surface area contributed by atoms with Crippen LogP contribution >= 0.6 is 11.8 Å². The summed E-state index contributed by atoms with van der Waals surface area (Å²) in [6.45, 7) is 11.1. The Kier molecular flexibility index (Phi) is 10.1. The summed E-state index contributed by atoms with van der Waals surface area (Å²) in [6, 6.07) is 17.1. The van der Waals surface area contributed by atoms with Crippen molar-refractivity contribution >= 4 is 34.9 Å². The van der Waals surface area contributed by atoms with Gasteiger partial charge in [-0.1, -0.05) is 97.6 Å². The molecule has 2 atom stereocenters. The standard InChI is InChI=1S/C25H22N4S.C5H10.C4H8/c1-15-23-18-7-3-2-6-16(18)10-12-20(23)28-24(27-15)17-11-13-21(26-14-17)25-29-19-8-4-5-9-22(19)30-25;1-3-5-4-2;1-3-4-2/h2-13,20,25-26,29H,14H2,1H3,(H,27,28);3,5H,4H2,1-2H3;3-4H,1-2H3/b;5-3-;4-3-. The summed E-state index contributed by atoms with van der Waals surface area (Å²) < 4.78 is 0. The molecule has 4 nitrogen and oxygen atoms in total. The number of para-hydroxylation sites is 1. The van der Waals surface area contributed by atoms with Gasteiger partial charge in [-0.05, 0) is 63.5 Å². The van der Waals surface area contributed by atoms with Gasteiger partial charge in [0.15, 0.2) is 0 Å². The van der Waals surface area contributed by atoms with E-state index in [1.54, 1.807) is 0 Å². The van der Waals surface area contributed by atoms with E-state index in [0.717, 1.165) is 18.8 Å². The molecule has 4 aliphatic rings. The Morgan fingerprint density at radius 1 is 0.974 bits per heavy atom. The monoisotopic (exact) mass is 536 g/mol. The molecule has 6 rings (SSSR count). The lowest BCUT2D eigenvalue weighted by molar-refractivity contribution is 0.826. The fourth-order valence-corrected chi connectivity index (χ4v) is 5.80. The Morgan fingerprint density at radius 3 is 2.41 bits per heavy atom. The summed E-state index contributed by atoms with van der Waals surface area (Å²) in [4.78, 5) is 6.34. The molecule has 202 valence electrons. The van der Waals surface area contributed by atoms with E-state index >= 15 is 0 Å². The number of rotatable bonds is 3. The van der Waals surface area contributed by atoms with Gasteiger partial charge in [-0.3, -0.25) is 4.99 Å². The smallest absolute Gasteiger partial charge is 0.131 e. The SMILES string of the molecule is C/C=C\C.C/C=C\CC.CC1=C2c3ccccc3C=CC2N=C(C2=CC=C(C3Nc4ccccc4S3)NC2)N1. The molecule has 0 saturated carbocycles. The molecule has 0 amide bonds. The van der Waals surface area contributed by atoms with E-state index in [2.05, 4.69) is 115 Å². The Morgan fingerprint density at radius 2 is 1.74 bits per heavy atom. The predicted octanol–water partition coefficient (Wildman–Crippen LogP) is 8.33. The number of nitrogens with one attached hydrogen (secondary N) is 3. The Bertz CT molecular complexity index is 1340. The zero-order valence-corrected chi connectivity index (χ0v) is 24.5. The first kappa shape index (κ1) is 28.3. The third-order valence-corrected chi connectivity index (χ3v) is 7.96. The minimum absolute atomic E-state index is 0.0731. The lowest BCUT2D eigenvalue weighted by Crippen LogP contribution is -2.38. The molecule has 0 bridgehead atoms. The first-order valence-corrected chi connectivity index (χ1v) is 14.7. The topological polar surface area (TPSA) is 48.5 Å². The number of hydrogen-bond donors (Lipinski definition) is 3. The lowest BCUT2D eigenvalue weighted by atomic mass is 9.87. The van der Waals surface area contributed by atoms with Gasteiger partial charge in [-0.2, -0.15) is 0 Å². The van der Waals surface area contributed by atoms with Crippen molar-refractivity contribution in [1.29, 1.82) is 0 Å². The highest BCUT2D eigenvalue weighted by Crippen LogP contribution is 2.41. The van der Waals surface area contributed by atoms with Crippen molar-refractivity contribution in [3.63, 3.8) is 0 Å². The summed E-state index contributed by atoms with van der Waals surface area (Å²) in [5, 5.41) is 11.0. The van der Waals surface area contributed by atoms with Crippen molar-refractivity contribution in [1.82, 2.24) is 10.6 Å². The van der Waals surface area contributed by atoms with Gasteiger partial charge in [0, 0.05) is 39.7 Å². The van der Waals surface area contributed by atoms with Crippen molar-refractivity contribution < 1.29 is 0 Å². The summed E-state index contributed by atoms with van der Waals surface area (Å²) >= 11 is 1.85. The zero-order valence-electron chi connectivity index (χ0n) is 23.7. The molecule has 2 unspecified atom stereocenters. The van der Waals surface area contributed by atoms with Crippen LogP contribution in [0.25, 0.3) is 11.6 Å². The van der Waals surface area contributed by atoms with E-state index < -0.39 is 0 Å². The second-order valence-corrected chi connectivity index (χ2v) is 10.6.